The summed E-state index contributed by atoms with van der Waals surface area (Å²) in [6.07, 6.45) is 3.21. The van der Waals surface area contributed by atoms with Crippen LogP contribution in [0.2, 0.25) is 0 Å². The molecule has 1 aromatic rings. The van der Waals surface area contributed by atoms with E-state index in [0.717, 1.165) is 0 Å². The van der Waals surface area contributed by atoms with Gasteiger partial charge in [-0.2, -0.15) is 0 Å². The van der Waals surface area contributed by atoms with Gasteiger partial charge in [-0.15, -0.1) is 23.4 Å². The first-order valence-electron chi connectivity index (χ1n) is 8.33. The molecule has 0 radical (unpaired) electrons. The summed E-state index contributed by atoms with van der Waals surface area (Å²) in [6, 6.07) is 3.99. The minimum atomic E-state index is -1.21. The number of hydrogen-bond donors (Lipinski definition) is 4. The van der Waals surface area contributed by atoms with Gasteiger partial charge in [-0.1, -0.05) is 24.3 Å². The fourth-order valence-corrected chi connectivity index (χ4v) is 4.44. The normalized spacial score (nSPS) is 22.6. The van der Waals surface area contributed by atoms with Crippen molar-refractivity contribution in [3.8, 4) is 5.75 Å². The number of carboxylic acid groups (broad SMARTS) is 1. The summed E-state index contributed by atoms with van der Waals surface area (Å²) in [5.41, 5.74) is 6.81. The van der Waals surface area contributed by atoms with Crippen molar-refractivity contribution in [2.45, 2.75) is 17.5 Å². The molecule has 3 rings (SSSR count). The first kappa shape index (κ1) is 20.2. The van der Waals surface area contributed by atoms with E-state index in [1.807, 2.05) is 0 Å². The summed E-state index contributed by atoms with van der Waals surface area (Å²) in [6.45, 7) is 0. The highest BCUT2D eigenvalue weighted by Crippen LogP contribution is 2.40. The number of thioether (sulfide) groups is 1. The van der Waals surface area contributed by atoms with Gasteiger partial charge in [-0.25, -0.2) is 4.79 Å². The number of β-lactam (4-membered cyclic amide) rings is 1. The van der Waals surface area contributed by atoms with Crippen LogP contribution in [0.15, 0.2) is 47.7 Å². The molecular weight excluding hydrogens is 406 g/mol. The highest BCUT2D eigenvalue weighted by atomic mass is 35.5. The number of hydrogen-bond acceptors (Lipinski definition) is 6. The van der Waals surface area contributed by atoms with Crippen LogP contribution in [0.4, 0.5) is 0 Å². The number of benzene rings is 1. The third-order valence-corrected chi connectivity index (χ3v) is 5.92. The van der Waals surface area contributed by atoms with E-state index in [4.69, 9.17) is 17.3 Å². The highest BCUT2D eigenvalue weighted by molar-refractivity contribution is 8.00. The summed E-state index contributed by atoms with van der Waals surface area (Å²) in [4.78, 5) is 37.8. The molecule has 1 aromatic carbocycles. The number of phenols is 1. The van der Waals surface area contributed by atoms with E-state index in [1.165, 1.54) is 40.9 Å². The van der Waals surface area contributed by atoms with E-state index in [-0.39, 0.29) is 17.3 Å². The zero-order valence-corrected chi connectivity index (χ0v) is 16.1. The standard InChI is InChI=1S/C18H18ClN3O5S/c19-7-1-2-10-8-28-17-13(16(25)22(17)14(10)18(26)27)21-15(24)12(20)9-3-5-11(23)6-4-9/h1-6,12-13,17,23H,7-8,20H2,(H,21,24)(H,26,27)/b2-1-/t12-,13?,17-/m1/s1. The van der Waals surface area contributed by atoms with Gasteiger partial charge in [0.05, 0.1) is 0 Å². The molecule has 8 nitrogen and oxygen atoms in total. The molecule has 1 saturated heterocycles. The number of nitrogens with two attached hydrogens (primary N) is 1. The van der Waals surface area contributed by atoms with Gasteiger partial charge in [0.25, 0.3) is 5.91 Å². The van der Waals surface area contributed by atoms with Gasteiger partial charge in [0.1, 0.15) is 28.9 Å². The van der Waals surface area contributed by atoms with E-state index in [9.17, 15) is 24.6 Å². The van der Waals surface area contributed by atoms with Crippen molar-refractivity contribution < 1.29 is 24.6 Å². The number of nitrogens with zero attached hydrogens (tertiary/aromatic N) is 1. The van der Waals surface area contributed by atoms with Crippen LogP contribution >= 0.6 is 23.4 Å². The van der Waals surface area contributed by atoms with Crippen molar-refractivity contribution in [1.82, 2.24) is 10.2 Å². The Morgan fingerprint density at radius 3 is 2.68 bits per heavy atom. The van der Waals surface area contributed by atoms with Crippen molar-refractivity contribution in [3.63, 3.8) is 0 Å². The molecule has 0 aliphatic carbocycles. The van der Waals surface area contributed by atoms with E-state index in [1.54, 1.807) is 12.2 Å². The molecular formula is C18H18ClN3O5S. The molecule has 148 valence electrons. The number of carboxylic acids is 1. The Morgan fingerprint density at radius 1 is 1.39 bits per heavy atom. The maximum Gasteiger partial charge on any atom is 0.352 e. The highest BCUT2D eigenvalue weighted by Gasteiger charge is 2.54. The Hall–Kier alpha value is -2.49. The molecule has 1 unspecified atom stereocenters. The van der Waals surface area contributed by atoms with Gasteiger partial charge in [-0.05, 0) is 23.3 Å². The number of phenolic OH excluding ortho intramolecular Hbond substituents is 1. The molecule has 2 amide bonds. The number of carbonyl (C=O) groups excluding carboxylic acids is 2. The maximum atomic E-state index is 12.5. The molecule has 5 N–H and O–H groups in total. The van der Waals surface area contributed by atoms with Crippen LogP contribution < -0.4 is 11.1 Å². The lowest BCUT2D eigenvalue weighted by Crippen LogP contribution is -2.71. The monoisotopic (exact) mass is 423 g/mol. The molecule has 3 atom stereocenters. The van der Waals surface area contributed by atoms with Crippen molar-refractivity contribution in [1.29, 1.82) is 0 Å². The lowest BCUT2D eigenvalue weighted by Gasteiger charge is -2.49. The molecule has 2 aliphatic heterocycles. The molecule has 0 aromatic heterocycles. The zero-order chi connectivity index (χ0) is 20.4. The van der Waals surface area contributed by atoms with Gasteiger partial charge in [0.2, 0.25) is 5.91 Å². The average molecular weight is 424 g/mol. The summed E-state index contributed by atoms with van der Waals surface area (Å²) in [5.74, 6) is -1.62. The van der Waals surface area contributed by atoms with Crippen molar-refractivity contribution >= 4 is 41.1 Å². The van der Waals surface area contributed by atoms with Gasteiger partial charge < -0.3 is 21.3 Å². The van der Waals surface area contributed by atoms with Crippen LogP contribution in [0, 0.1) is 0 Å². The van der Waals surface area contributed by atoms with E-state index < -0.39 is 35.2 Å². The third-order valence-electron chi connectivity index (χ3n) is 4.44. The summed E-state index contributed by atoms with van der Waals surface area (Å²) < 4.78 is 0. The second-order valence-corrected chi connectivity index (χ2v) is 7.61. The van der Waals surface area contributed by atoms with Crippen LogP contribution in [-0.2, 0) is 14.4 Å². The smallest absolute Gasteiger partial charge is 0.352 e. The molecule has 0 spiro atoms. The molecule has 0 saturated carbocycles. The summed E-state index contributed by atoms with van der Waals surface area (Å²) >= 11 is 6.96. The predicted octanol–water partition coefficient (Wildman–Crippen LogP) is 0.926. The molecule has 1 fully saturated rings. The number of nitrogens with one attached hydrogen (secondary N) is 1. The Bertz CT molecular complexity index is 870. The SMILES string of the molecule is N[C@@H](C(=O)NC1C(=O)N2C(C(=O)O)=C(/C=C\CCl)CS[C@H]12)c1ccc(O)cc1. The summed E-state index contributed by atoms with van der Waals surface area (Å²) in [5, 5.41) is 20.9. The lowest BCUT2D eigenvalue weighted by molar-refractivity contribution is -0.150. The van der Waals surface area contributed by atoms with Gasteiger partial charge in [0, 0.05) is 11.6 Å². The van der Waals surface area contributed by atoms with E-state index >= 15 is 0 Å². The van der Waals surface area contributed by atoms with Crippen LogP contribution in [0.3, 0.4) is 0 Å². The second kappa shape index (κ2) is 8.26. The summed E-state index contributed by atoms with van der Waals surface area (Å²) in [7, 11) is 0. The number of amides is 2. The first-order chi connectivity index (χ1) is 13.3. The van der Waals surface area contributed by atoms with E-state index in [2.05, 4.69) is 5.32 Å². The third kappa shape index (κ3) is 3.73. The number of aromatic hydroxyl groups is 1. The minimum Gasteiger partial charge on any atom is -0.508 e. The van der Waals surface area contributed by atoms with Crippen LogP contribution in [0.1, 0.15) is 11.6 Å². The van der Waals surface area contributed by atoms with Crippen molar-refractivity contribution in [2.24, 2.45) is 5.73 Å². The first-order valence-corrected chi connectivity index (χ1v) is 9.92. The Kier molecular flexibility index (Phi) is 5.97. The number of carbonyl (C=O) groups is 3. The molecule has 2 aliphatic rings. The number of alkyl halides is 1. The number of fused-ring (bicyclic) bond motifs is 1. The number of halogens is 1. The van der Waals surface area contributed by atoms with Gasteiger partial charge in [0.15, 0.2) is 0 Å². The lowest BCUT2D eigenvalue weighted by atomic mass is 10.0. The van der Waals surface area contributed by atoms with Crippen molar-refractivity contribution in [3.05, 3.63) is 53.3 Å². The fraction of sp³-hybridized carbons (Fsp3) is 0.278. The van der Waals surface area contributed by atoms with Gasteiger partial charge >= 0.3 is 5.97 Å². The van der Waals surface area contributed by atoms with Crippen LogP contribution in [-0.4, -0.2) is 55.9 Å². The number of rotatable bonds is 6. The number of aliphatic carboxylic acids is 1. The average Bonchev–Trinajstić information content (AvgIpc) is 2.69. The minimum absolute atomic E-state index is 0.0479. The predicted molar refractivity (Wildman–Crippen MR) is 105 cm³/mol. The van der Waals surface area contributed by atoms with E-state index in [0.29, 0.717) is 16.9 Å². The van der Waals surface area contributed by atoms with Gasteiger partial charge in [-0.3, -0.25) is 14.5 Å². The molecule has 28 heavy (non-hydrogen) atoms. The Balaban J connectivity index is 1.74. The molecule has 10 heteroatoms. The van der Waals surface area contributed by atoms with Crippen LogP contribution in [0.5, 0.6) is 5.75 Å². The molecule has 0 bridgehead atoms. The Labute approximate surface area is 170 Å². The topological polar surface area (TPSA) is 133 Å². The second-order valence-electron chi connectivity index (χ2n) is 6.20. The largest absolute Gasteiger partial charge is 0.508 e. The quantitative estimate of drug-likeness (QED) is 0.395. The fourth-order valence-electron chi connectivity index (χ4n) is 3.03. The molecule has 2 heterocycles. The zero-order valence-electron chi connectivity index (χ0n) is 14.5. The Morgan fingerprint density at radius 2 is 2.07 bits per heavy atom. The maximum absolute atomic E-state index is 12.5. The van der Waals surface area contributed by atoms with Crippen LogP contribution in [0.25, 0.3) is 0 Å². The van der Waals surface area contributed by atoms with Crippen molar-refractivity contribution in [2.75, 3.05) is 11.6 Å². The number of allylic oxidation sites excluding steroid dienone is 2.